The van der Waals surface area contributed by atoms with Gasteiger partial charge >= 0.3 is 0 Å². The Morgan fingerprint density at radius 1 is 0.975 bits per heavy atom. The minimum Gasteiger partial charge on any atom is -0.493 e. The summed E-state index contributed by atoms with van der Waals surface area (Å²) in [5.74, 6) is -1.05. The van der Waals surface area contributed by atoms with Crippen molar-refractivity contribution in [2.75, 3.05) is 31.6 Å². The Bertz CT molecular complexity index is 1450. The van der Waals surface area contributed by atoms with Gasteiger partial charge in [0.1, 0.15) is 18.4 Å². The van der Waals surface area contributed by atoms with Crippen molar-refractivity contribution in [2.24, 2.45) is 0 Å². The number of nitrogens with zero attached hydrogens (tertiary/aromatic N) is 2. The topological polar surface area (TPSA) is 105 Å². The lowest BCUT2D eigenvalue weighted by atomic mass is 10.1. The third-order valence-corrected chi connectivity index (χ3v) is 8.23. The Morgan fingerprint density at radius 2 is 1.62 bits per heavy atom. The Balaban J connectivity index is 2.08. The summed E-state index contributed by atoms with van der Waals surface area (Å²) in [6.45, 7) is 5.05. The molecule has 0 saturated carbocycles. The first-order valence-electron chi connectivity index (χ1n) is 12.7. The first kappa shape index (κ1) is 30.4. The molecule has 0 radical (unpaired) electrons. The molecule has 3 aromatic rings. The molecule has 9 nitrogen and oxygen atoms in total. The smallest absolute Gasteiger partial charge is 0.264 e. The molecule has 0 heterocycles. The van der Waals surface area contributed by atoms with Crippen molar-refractivity contribution in [1.82, 2.24) is 10.2 Å². The van der Waals surface area contributed by atoms with Gasteiger partial charge in [-0.2, -0.15) is 0 Å². The summed E-state index contributed by atoms with van der Waals surface area (Å²) in [6.07, 6.45) is 0. The molecule has 3 aromatic carbocycles. The monoisotopic (exact) mass is 571 g/mol. The van der Waals surface area contributed by atoms with Gasteiger partial charge in [0, 0.05) is 19.2 Å². The normalized spacial score (nSPS) is 11.8. The minimum absolute atomic E-state index is 0.0750. The number of carbonyl (C=O) groups excluding carboxylic acids is 2. The number of aryl methyl sites for hydroxylation is 1. The van der Waals surface area contributed by atoms with Crippen molar-refractivity contribution >= 4 is 27.5 Å². The number of ether oxygens (including phenoxy) is 2. The molecule has 3 rings (SSSR count). The number of methoxy groups -OCH3 is 2. The highest BCUT2D eigenvalue weighted by Gasteiger charge is 2.33. The highest BCUT2D eigenvalue weighted by molar-refractivity contribution is 7.92. The third-order valence-electron chi connectivity index (χ3n) is 6.46. The number of hydrogen-bond acceptors (Lipinski definition) is 6. The van der Waals surface area contributed by atoms with Crippen molar-refractivity contribution in [3.63, 3.8) is 0 Å². The maximum Gasteiger partial charge on any atom is 0.264 e. The Morgan fingerprint density at radius 3 is 2.23 bits per heavy atom. The maximum atomic E-state index is 13.9. The van der Waals surface area contributed by atoms with Gasteiger partial charge in [0.15, 0.2) is 11.5 Å². The van der Waals surface area contributed by atoms with Crippen LogP contribution in [-0.2, 0) is 26.2 Å². The zero-order valence-electron chi connectivity index (χ0n) is 23.2. The van der Waals surface area contributed by atoms with E-state index in [9.17, 15) is 22.4 Å². The van der Waals surface area contributed by atoms with Crippen LogP contribution in [0.2, 0.25) is 0 Å². The number of rotatable bonds is 12. The van der Waals surface area contributed by atoms with Crippen molar-refractivity contribution in [3.05, 3.63) is 83.7 Å². The molecule has 0 saturated heterocycles. The van der Waals surface area contributed by atoms with E-state index in [4.69, 9.17) is 9.47 Å². The number of anilines is 1. The fourth-order valence-corrected chi connectivity index (χ4v) is 5.55. The van der Waals surface area contributed by atoms with E-state index in [1.807, 2.05) is 31.2 Å². The van der Waals surface area contributed by atoms with Crippen LogP contribution < -0.4 is 19.1 Å². The molecule has 0 aliphatic carbocycles. The number of halogens is 1. The van der Waals surface area contributed by atoms with Gasteiger partial charge in [-0.15, -0.1) is 0 Å². The molecule has 0 aliphatic heterocycles. The van der Waals surface area contributed by atoms with E-state index in [1.165, 1.54) is 49.5 Å². The molecule has 1 N–H and O–H groups in total. The van der Waals surface area contributed by atoms with E-state index in [0.717, 1.165) is 27.6 Å². The molecular formula is C29H34FN3O6S. The molecule has 1 atom stereocenters. The number of likely N-dealkylation sites (N-methyl/N-ethyl adjacent to an activating group) is 1. The fraction of sp³-hybridized carbons (Fsp3) is 0.310. The molecule has 214 valence electrons. The summed E-state index contributed by atoms with van der Waals surface area (Å²) in [5, 5.41) is 2.72. The molecule has 0 bridgehead atoms. The summed E-state index contributed by atoms with van der Waals surface area (Å²) in [5.41, 5.74) is 1.80. The van der Waals surface area contributed by atoms with Gasteiger partial charge in [0.2, 0.25) is 11.8 Å². The Kier molecular flexibility index (Phi) is 10.1. The van der Waals surface area contributed by atoms with Gasteiger partial charge in [-0.1, -0.05) is 24.3 Å². The van der Waals surface area contributed by atoms with Crippen LogP contribution in [0.1, 0.15) is 25.0 Å². The molecule has 11 heteroatoms. The molecule has 0 spiro atoms. The van der Waals surface area contributed by atoms with Gasteiger partial charge in [-0.05, 0) is 68.3 Å². The van der Waals surface area contributed by atoms with Crippen LogP contribution in [0.15, 0.2) is 71.6 Å². The van der Waals surface area contributed by atoms with Crippen molar-refractivity contribution in [1.29, 1.82) is 0 Å². The molecule has 2 amide bonds. The molecular weight excluding hydrogens is 537 g/mol. The van der Waals surface area contributed by atoms with Crippen LogP contribution in [0.5, 0.6) is 11.5 Å². The summed E-state index contributed by atoms with van der Waals surface area (Å²) in [6, 6.07) is 15.4. The number of sulfonamides is 1. The van der Waals surface area contributed by atoms with Crippen LogP contribution in [0, 0.1) is 12.7 Å². The number of carbonyl (C=O) groups is 2. The lowest BCUT2D eigenvalue weighted by Gasteiger charge is -2.32. The quantitative estimate of drug-likeness (QED) is 0.354. The minimum atomic E-state index is -4.36. The van der Waals surface area contributed by atoms with Crippen molar-refractivity contribution in [2.45, 2.75) is 38.3 Å². The Labute approximate surface area is 234 Å². The molecule has 40 heavy (non-hydrogen) atoms. The van der Waals surface area contributed by atoms with Crippen LogP contribution in [-0.4, -0.2) is 58.5 Å². The van der Waals surface area contributed by atoms with Gasteiger partial charge in [0.25, 0.3) is 10.0 Å². The number of hydrogen-bond donors (Lipinski definition) is 1. The summed E-state index contributed by atoms with van der Waals surface area (Å²) >= 11 is 0. The highest BCUT2D eigenvalue weighted by Crippen LogP contribution is 2.32. The van der Waals surface area contributed by atoms with E-state index < -0.39 is 34.3 Å². The number of amides is 2. The maximum absolute atomic E-state index is 13.9. The van der Waals surface area contributed by atoms with E-state index in [-0.39, 0.29) is 28.8 Å². The third kappa shape index (κ3) is 6.90. The second kappa shape index (κ2) is 13.3. The van der Waals surface area contributed by atoms with Crippen molar-refractivity contribution < 1.29 is 31.9 Å². The fourth-order valence-electron chi connectivity index (χ4n) is 4.12. The van der Waals surface area contributed by atoms with E-state index in [1.54, 1.807) is 13.8 Å². The second-order valence-corrected chi connectivity index (χ2v) is 10.9. The van der Waals surface area contributed by atoms with E-state index in [0.29, 0.717) is 12.3 Å². The summed E-state index contributed by atoms with van der Waals surface area (Å²) in [4.78, 5) is 27.9. The first-order chi connectivity index (χ1) is 19.0. The zero-order chi connectivity index (χ0) is 29.4. The average Bonchev–Trinajstić information content (AvgIpc) is 2.95. The zero-order valence-corrected chi connectivity index (χ0v) is 24.0. The van der Waals surface area contributed by atoms with Gasteiger partial charge in [-0.25, -0.2) is 12.8 Å². The number of benzene rings is 3. The SMILES string of the molecule is CCNC(=O)C(C)N(Cc1ccccc1C)C(=O)CN(c1ccc(F)cc1)S(=O)(=O)c1ccc(OC)c(OC)c1. The second-order valence-electron chi connectivity index (χ2n) is 9.02. The number of nitrogens with one attached hydrogen (secondary N) is 1. The first-order valence-corrected chi connectivity index (χ1v) is 14.1. The standard InChI is InChI=1S/C29H34FN3O6S/c1-6-31-29(35)21(3)32(18-22-10-8-7-9-20(22)2)28(34)19-33(24-13-11-23(30)12-14-24)40(36,37)25-15-16-26(38-4)27(17-25)39-5/h7-17,21H,6,18-19H2,1-5H3,(H,31,35). The highest BCUT2D eigenvalue weighted by atomic mass is 32.2. The van der Waals surface area contributed by atoms with Crippen LogP contribution in [0.3, 0.4) is 0 Å². The average molecular weight is 572 g/mol. The lowest BCUT2D eigenvalue weighted by molar-refractivity contribution is -0.139. The van der Waals surface area contributed by atoms with E-state index >= 15 is 0 Å². The van der Waals surface area contributed by atoms with Crippen LogP contribution >= 0.6 is 0 Å². The molecule has 0 aliphatic rings. The predicted molar refractivity (Wildman–Crippen MR) is 150 cm³/mol. The van der Waals surface area contributed by atoms with Crippen LogP contribution in [0.4, 0.5) is 10.1 Å². The van der Waals surface area contributed by atoms with E-state index in [2.05, 4.69) is 5.32 Å². The van der Waals surface area contributed by atoms with Gasteiger partial charge in [0.05, 0.1) is 24.8 Å². The molecule has 0 aromatic heterocycles. The molecule has 0 fully saturated rings. The molecule has 1 unspecified atom stereocenters. The lowest BCUT2D eigenvalue weighted by Crippen LogP contribution is -2.51. The largest absolute Gasteiger partial charge is 0.493 e. The van der Waals surface area contributed by atoms with Crippen LogP contribution in [0.25, 0.3) is 0 Å². The van der Waals surface area contributed by atoms with Gasteiger partial charge < -0.3 is 19.7 Å². The Hall–Kier alpha value is -4.12. The summed E-state index contributed by atoms with van der Waals surface area (Å²) < 4.78 is 53.1. The summed E-state index contributed by atoms with van der Waals surface area (Å²) in [7, 11) is -1.56. The van der Waals surface area contributed by atoms with Crippen molar-refractivity contribution in [3.8, 4) is 11.5 Å². The predicted octanol–water partition coefficient (Wildman–Crippen LogP) is 3.90. The van der Waals surface area contributed by atoms with Gasteiger partial charge in [-0.3, -0.25) is 13.9 Å².